The molecule has 0 atom stereocenters. The van der Waals surface area contributed by atoms with Crippen LogP contribution in [0.4, 0.5) is 5.69 Å². The Balaban J connectivity index is 1.47. The van der Waals surface area contributed by atoms with Crippen LogP contribution in [0.3, 0.4) is 0 Å². The molecule has 2 aromatic rings. The van der Waals surface area contributed by atoms with E-state index in [-0.39, 0.29) is 0 Å². The maximum atomic E-state index is 4.29. The first kappa shape index (κ1) is 16.0. The third kappa shape index (κ3) is 4.55. The maximum Gasteiger partial charge on any atom is 0.0397 e. The van der Waals surface area contributed by atoms with Crippen molar-refractivity contribution in [1.82, 2.24) is 9.88 Å². The number of benzene rings is 1. The third-order valence-electron chi connectivity index (χ3n) is 4.81. The van der Waals surface area contributed by atoms with Gasteiger partial charge in [-0.15, -0.1) is 0 Å². The minimum absolute atomic E-state index is 0.792. The summed E-state index contributed by atoms with van der Waals surface area (Å²) >= 11 is 0. The highest BCUT2D eigenvalue weighted by molar-refractivity contribution is 5.45. The highest BCUT2D eigenvalue weighted by Crippen LogP contribution is 2.22. The van der Waals surface area contributed by atoms with Gasteiger partial charge in [0.05, 0.1) is 0 Å². The lowest BCUT2D eigenvalue weighted by Gasteiger charge is -2.34. The fraction of sp³-hybridized carbons (Fsp3) is 0.450. The molecule has 122 valence electrons. The van der Waals surface area contributed by atoms with Crippen LogP contribution in [-0.4, -0.2) is 36.6 Å². The Labute approximate surface area is 140 Å². The molecular formula is C20H27N3. The largest absolute Gasteiger partial charge is 0.374 e. The first-order valence-electron chi connectivity index (χ1n) is 8.61. The number of piperidine rings is 1. The molecule has 2 heterocycles. The second-order valence-electron chi connectivity index (χ2n) is 6.74. The number of anilines is 1. The number of aryl methyl sites for hydroxylation is 1. The molecule has 1 fully saturated rings. The summed E-state index contributed by atoms with van der Waals surface area (Å²) in [6.45, 7) is 6.71. The van der Waals surface area contributed by atoms with Crippen molar-refractivity contribution in [3.05, 3.63) is 59.9 Å². The first-order valence-corrected chi connectivity index (χ1v) is 8.61. The summed E-state index contributed by atoms with van der Waals surface area (Å²) in [6, 6.07) is 15.1. The molecule has 0 N–H and O–H groups in total. The van der Waals surface area contributed by atoms with Gasteiger partial charge in [-0.1, -0.05) is 30.3 Å². The lowest BCUT2D eigenvalue weighted by molar-refractivity contribution is 0.180. The standard InChI is InChI=1S/C20H27N3/c1-17-14-20(8-11-21-17)22(2)15-19-9-12-23(13-10-19)16-18-6-4-3-5-7-18/h3-8,11,14,19H,9-10,12-13,15-16H2,1-2H3. The summed E-state index contributed by atoms with van der Waals surface area (Å²) in [6.07, 6.45) is 4.49. The Morgan fingerprint density at radius 3 is 2.57 bits per heavy atom. The molecule has 0 unspecified atom stereocenters. The van der Waals surface area contributed by atoms with Gasteiger partial charge >= 0.3 is 0 Å². The normalized spacial score (nSPS) is 16.4. The van der Waals surface area contributed by atoms with Gasteiger partial charge in [0.1, 0.15) is 0 Å². The van der Waals surface area contributed by atoms with Crippen LogP contribution in [0.1, 0.15) is 24.1 Å². The van der Waals surface area contributed by atoms with Crippen molar-refractivity contribution in [2.24, 2.45) is 5.92 Å². The van der Waals surface area contributed by atoms with E-state index in [1.165, 1.54) is 37.2 Å². The van der Waals surface area contributed by atoms with Crippen LogP contribution < -0.4 is 4.90 Å². The summed E-state index contributed by atoms with van der Waals surface area (Å²) in [5, 5.41) is 0. The van der Waals surface area contributed by atoms with Gasteiger partial charge in [-0.3, -0.25) is 9.88 Å². The first-order chi connectivity index (χ1) is 11.2. The van der Waals surface area contributed by atoms with E-state index in [4.69, 9.17) is 0 Å². The minimum atomic E-state index is 0.792. The Morgan fingerprint density at radius 2 is 1.87 bits per heavy atom. The van der Waals surface area contributed by atoms with Gasteiger partial charge in [0.15, 0.2) is 0 Å². The number of aromatic nitrogens is 1. The SMILES string of the molecule is Cc1cc(N(C)CC2CCN(Cc3ccccc3)CC2)ccn1. The van der Waals surface area contributed by atoms with Gasteiger partial charge in [-0.05, 0) is 56.5 Å². The molecular weight excluding hydrogens is 282 g/mol. The molecule has 3 heteroatoms. The predicted molar refractivity (Wildman–Crippen MR) is 96.7 cm³/mol. The van der Waals surface area contributed by atoms with E-state index < -0.39 is 0 Å². The molecule has 23 heavy (non-hydrogen) atoms. The topological polar surface area (TPSA) is 19.4 Å². The number of nitrogens with zero attached hydrogens (tertiary/aromatic N) is 3. The summed E-state index contributed by atoms with van der Waals surface area (Å²) in [4.78, 5) is 9.25. The zero-order valence-electron chi connectivity index (χ0n) is 14.3. The van der Waals surface area contributed by atoms with Crippen LogP contribution >= 0.6 is 0 Å². The molecule has 0 amide bonds. The fourth-order valence-corrected chi connectivity index (χ4v) is 3.43. The summed E-state index contributed by atoms with van der Waals surface area (Å²) in [5.74, 6) is 0.792. The Bertz CT molecular complexity index is 603. The molecule has 1 aromatic heterocycles. The van der Waals surface area contributed by atoms with Crippen molar-refractivity contribution < 1.29 is 0 Å². The fourth-order valence-electron chi connectivity index (χ4n) is 3.43. The van der Waals surface area contributed by atoms with E-state index in [2.05, 4.69) is 71.2 Å². The van der Waals surface area contributed by atoms with E-state index in [1.807, 2.05) is 6.20 Å². The summed E-state index contributed by atoms with van der Waals surface area (Å²) < 4.78 is 0. The van der Waals surface area contributed by atoms with Crippen molar-refractivity contribution in [1.29, 1.82) is 0 Å². The van der Waals surface area contributed by atoms with Crippen molar-refractivity contribution in [2.75, 3.05) is 31.6 Å². The second kappa shape index (κ2) is 7.60. The number of pyridine rings is 1. The van der Waals surface area contributed by atoms with E-state index in [0.717, 1.165) is 24.7 Å². The molecule has 3 nitrogen and oxygen atoms in total. The predicted octanol–water partition coefficient (Wildman–Crippen LogP) is 3.74. The number of likely N-dealkylation sites (tertiary alicyclic amines) is 1. The second-order valence-corrected chi connectivity index (χ2v) is 6.74. The molecule has 1 aliphatic heterocycles. The zero-order chi connectivity index (χ0) is 16.1. The van der Waals surface area contributed by atoms with Gasteiger partial charge in [-0.25, -0.2) is 0 Å². The van der Waals surface area contributed by atoms with Crippen LogP contribution in [0.15, 0.2) is 48.7 Å². The van der Waals surface area contributed by atoms with Gasteiger partial charge in [-0.2, -0.15) is 0 Å². The van der Waals surface area contributed by atoms with Crippen molar-refractivity contribution in [2.45, 2.75) is 26.3 Å². The molecule has 1 aromatic carbocycles. The molecule has 1 saturated heterocycles. The van der Waals surface area contributed by atoms with Crippen LogP contribution in [0.25, 0.3) is 0 Å². The van der Waals surface area contributed by atoms with Crippen LogP contribution in [0.5, 0.6) is 0 Å². The highest BCUT2D eigenvalue weighted by Gasteiger charge is 2.20. The molecule has 0 spiro atoms. The maximum absolute atomic E-state index is 4.29. The van der Waals surface area contributed by atoms with E-state index in [9.17, 15) is 0 Å². The van der Waals surface area contributed by atoms with Gasteiger partial charge < -0.3 is 4.90 Å². The number of hydrogen-bond donors (Lipinski definition) is 0. The smallest absolute Gasteiger partial charge is 0.0397 e. The van der Waals surface area contributed by atoms with Gasteiger partial charge in [0, 0.05) is 37.7 Å². The quantitative estimate of drug-likeness (QED) is 0.839. The Morgan fingerprint density at radius 1 is 1.13 bits per heavy atom. The Kier molecular flexibility index (Phi) is 5.29. The van der Waals surface area contributed by atoms with Crippen LogP contribution in [0.2, 0.25) is 0 Å². The molecule has 0 saturated carbocycles. The number of rotatable bonds is 5. The van der Waals surface area contributed by atoms with Gasteiger partial charge in [0.2, 0.25) is 0 Å². The molecule has 0 aliphatic carbocycles. The Hall–Kier alpha value is -1.87. The molecule has 0 bridgehead atoms. The van der Waals surface area contributed by atoms with E-state index >= 15 is 0 Å². The van der Waals surface area contributed by atoms with Crippen molar-refractivity contribution in [3.8, 4) is 0 Å². The average Bonchev–Trinajstić information content (AvgIpc) is 2.57. The molecule has 3 rings (SSSR count). The minimum Gasteiger partial charge on any atom is -0.374 e. The summed E-state index contributed by atoms with van der Waals surface area (Å²) in [7, 11) is 2.20. The van der Waals surface area contributed by atoms with E-state index in [1.54, 1.807) is 0 Å². The molecule has 1 aliphatic rings. The van der Waals surface area contributed by atoms with Crippen molar-refractivity contribution >= 4 is 5.69 Å². The monoisotopic (exact) mass is 309 g/mol. The van der Waals surface area contributed by atoms with Crippen LogP contribution in [0, 0.1) is 12.8 Å². The highest BCUT2D eigenvalue weighted by atomic mass is 15.1. The molecule has 0 radical (unpaired) electrons. The lowest BCUT2D eigenvalue weighted by Crippen LogP contribution is -2.37. The summed E-state index contributed by atoms with van der Waals surface area (Å²) in [5.41, 5.74) is 3.80. The third-order valence-corrected chi connectivity index (χ3v) is 4.81. The lowest BCUT2D eigenvalue weighted by atomic mass is 9.95. The zero-order valence-corrected chi connectivity index (χ0v) is 14.3. The van der Waals surface area contributed by atoms with E-state index in [0.29, 0.717) is 0 Å². The van der Waals surface area contributed by atoms with Gasteiger partial charge in [0.25, 0.3) is 0 Å². The van der Waals surface area contributed by atoms with Crippen molar-refractivity contribution in [3.63, 3.8) is 0 Å². The van der Waals surface area contributed by atoms with Crippen LogP contribution in [-0.2, 0) is 6.54 Å². The average molecular weight is 309 g/mol. The number of hydrogen-bond acceptors (Lipinski definition) is 3.